The standard InChI is InChI=1S/C18H22N7/c1-12-15-9-13(4-5-16(15)23-22-12)18-21-17(11-20-24-18)25-7-2-3-14(25)10-19-6-8-25/h4-5,9,11,14,19H,2-3,6-8,10H2,1H3,(H,22,23)/q+1. The average Bonchev–Trinajstić information content (AvgIpc) is 3.26. The third-order valence-corrected chi connectivity index (χ3v) is 5.88. The molecule has 25 heavy (non-hydrogen) atoms. The molecule has 2 N–H and O–H groups in total. The maximum absolute atomic E-state index is 4.96. The van der Waals surface area contributed by atoms with Crippen LogP contribution >= 0.6 is 0 Å². The first kappa shape index (κ1) is 14.9. The second kappa shape index (κ2) is 5.57. The fraction of sp³-hybridized carbons (Fsp3) is 0.444. The first-order valence-electron chi connectivity index (χ1n) is 8.99. The number of aryl methyl sites for hydroxylation is 1. The predicted octanol–water partition coefficient (Wildman–Crippen LogP) is 1.80. The molecule has 1 aromatic carbocycles. The van der Waals surface area contributed by atoms with Crippen LogP contribution in [-0.4, -0.2) is 57.6 Å². The molecule has 5 rings (SSSR count). The Labute approximate surface area is 146 Å². The van der Waals surface area contributed by atoms with Gasteiger partial charge in [-0.25, -0.2) is 0 Å². The lowest BCUT2D eigenvalue weighted by Crippen LogP contribution is -2.63. The van der Waals surface area contributed by atoms with E-state index >= 15 is 0 Å². The van der Waals surface area contributed by atoms with Crippen LogP contribution in [0.2, 0.25) is 0 Å². The lowest BCUT2D eigenvalue weighted by Gasteiger charge is -2.41. The molecule has 2 aliphatic heterocycles. The molecule has 2 atom stereocenters. The highest BCUT2D eigenvalue weighted by atomic mass is 15.5. The van der Waals surface area contributed by atoms with Crippen LogP contribution in [0.4, 0.5) is 5.82 Å². The van der Waals surface area contributed by atoms with E-state index < -0.39 is 0 Å². The van der Waals surface area contributed by atoms with Gasteiger partial charge in [0.25, 0.3) is 5.82 Å². The van der Waals surface area contributed by atoms with E-state index in [1.165, 1.54) is 12.8 Å². The van der Waals surface area contributed by atoms with E-state index in [4.69, 9.17) is 4.98 Å². The van der Waals surface area contributed by atoms with Gasteiger partial charge in [0.05, 0.1) is 24.3 Å². The van der Waals surface area contributed by atoms with E-state index in [2.05, 4.69) is 31.8 Å². The molecule has 0 spiro atoms. The summed E-state index contributed by atoms with van der Waals surface area (Å²) in [5.41, 5.74) is 3.02. The van der Waals surface area contributed by atoms with Crippen molar-refractivity contribution >= 4 is 16.7 Å². The summed E-state index contributed by atoms with van der Waals surface area (Å²) in [7, 11) is 0. The molecule has 2 fully saturated rings. The van der Waals surface area contributed by atoms with Gasteiger partial charge in [-0.05, 0) is 25.1 Å². The highest BCUT2D eigenvalue weighted by Gasteiger charge is 2.46. The molecule has 0 saturated carbocycles. The maximum atomic E-state index is 4.96. The number of nitrogens with one attached hydrogen (secondary N) is 2. The maximum Gasteiger partial charge on any atom is 0.250 e. The molecule has 0 amide bonds. The monoisotopic (exact) mass is 336 g/mol. The minimum Gasteiger partial charge on any atom is -0.306 e. The zero-order chi connectivity index (χ0) is 16.9. The van der Waals surface area contributed by atoms with Crippen molar-refractivity contribution in [2.75, 3.05) is 26.2 Å². The van der Waals surface area contributed by atoms with Gasteiger partial charge in [-0.2, -0.15) is 10.1 Å². The number of nitrogens with zero attached hydrogens (tertiary/aromatic N) is 5. The van der Waals surface area contributed by atoms with Gasteiger partial charge in [-0.15, -0.1) is 10.2 Å². The summed E-state index contributed by atoms with van der Waals surface area (Å²) < 4.78 is 0.961. The van der Waals surface area contributed by atoms with Crippen LogP contribution in [-0.2, 0) is 0 Å². The summed E-state index contributed by atoms with van der Waals surface area (Å²) in [5.74, 6) is 1.77. The largest absolute Gasteiger partial charge is 0.306 e. The van der Waals surface area contributed by atoms with Gasteiger partial charge in [-0.1, -0.05) is 0 Å². The van der Waals surface area contributed by atoms with Crippen molar-refractivity contribution in [3.63, 3.8) is 0 Å². The number of aromatic nitrogens is 5. The molecule has 7 nitrogen and oxygen atoms in total. The lowest BCUT2D eigenvalue weighted by molar-refractivity contribution is 0.206. The highest BCUT2D eigenvalue weighted by Crippen LogP contribution is 2.34. The van der Waals surface area contributed by atoms with Gasteiger partial charge in [0.15, 0.2) is 5.82 Å². The van der Waals surface area contributed by atoms with Crippen LogP contribution in [0.15, 0.2) is 24.4 Å². The van der Waals surface area contributed by atoms with Crippen molar-refractivity contribution in [2.24, 2.45) is 0 Å². The van der Waals surface area contributed by atoms with E-state index in [9.17, 15) is 0 Å². The van der Waals surface area contributed by atoms with E-state index in [0.717, 1.165) is 58.6 Å². The SMILES string of the molecule is Cc1n[nH]c2ccc(-c3nncc([N+]45CCCC4CNCC5)n3)cc12. The number of rotatable bonds is 2. The van der Waals surface area contributed by atoms with Crippen LogP contribution < -0.4 is 9.80 Å². The van der Waals surface area contributed by atoms with Gasteiger partial charge < -0.3 is 5.32 Å². The van der Waals surface area contributed by atoms with E-state index in [0.29, 0.717) is 11.9 Å². The third kappa shape index (κ3) is 2.26. The van der Waals surface area contributed by atoms with Gasteiger partial charge in [0.2, 0.25) is 0 Å². The van der Waals surface area contributed by atoms with Crippen LogP contribution in [0.5, 0.6) is 0 Å². The highest BCUT2D eigenvalue weighted by molar-refractivity contribution is 5.85. The molecular formula is C18H22N7+. The Hall–Kier alpha value is -2.38. The molecular weight excluding hydrogens is 314 g/mol. The van der Waals surface area contributed by atoms with Crippen LogP contribution in [0.1, 0.15) is 18.5 Å². The van der Waals surface area contributed by atoms with Crippen molar-refractivity contribution in [2.45, 2.75) is 25.8 Å². The zero-order valence-electron chi connectivity index (χ0n) is 14.4. The second-order valence-corrected chi connectivity index (χ2v) is 7.19. The molecule has 2 saturated heterocycles. The summed E-state index contributed by atoms with van der Waals surface area (Å²) in [6, 6.07) is 6.79. The predicted molar refractivity (Wildman–Crippen MR) is 97.1 cm³/mol. The molecule has 4 heterocycles. The summed E-state index contributed by atoms with van der Waals surface area (Å²) in [5, 5.41) is 20.6. The Morgan fingerprint density at radius 3 is 3.16 bits per heavy atom. The molecule has 2 aliphatic rings. The number of benzene rings is 1. The third-order valence-electron chi connectivity index (χ3n) is 5.88. The number of hydrogen-bond donors (Lipinski definition) is 2. The molecule has 2 aromatic heterocycles. The lowest BCUT2D eigenvalue weighted by atomic mass is 10.1. The minimum atomic E-state index is 0.608. The van der Waals surface area contributed by atoms with Crippen molar-refractivity contribution in [3.8, 4) is 11.4 Å². The molecule has 2 unspecified atom stereocenters. The number of piperazine rings is 1. The van der Waals surface area contributed by atoms with Crippen molar-refractivity contribution in [1.29, 1.82) is 0 Å². The van der Waals surface area contributed by atoms with E-state index in [1.54, 1.807) is 0 Å². The number of fused-ring (bicyclic) bond motifs is 2. The molecule has 3 aromatic rings. The molecule has 7 heteroatoms. The Balaban J connectivity index is 1.59. The average molecular weight is 336 g/mol. The first-order valence-corrected chi connectivity index (χ1v) is 8.99. The van der Waals surface area contributed by atoms with Gasteiger partial charge in [-0.3, -0.25) is 9.58 Å². The van der Waals surface area contributed by atoms with Gasteiger partial charge >= 0.3 is 0 Å². The molecule has 0 radical (unpaired) electrons. The second-order valence-electron chi connectivity index (χ2n) is 7.19. The normalized spacial score (nSPS) is 26.0. The van der Waals surface area contributed by atoms with Crippen LogP contribution in [0.25, 0.3) is 22.3 Å². The summed E-state index contributed by atoms with van der Waals surface area (Å²) in [6.07, 6.45) is 4.38. The number of quaternary nitrogens is 1. The smallest absolute Gasteiger partial charge is 0.250 e. The number of aromatic amines is 1. The quantitative estimate of drug-likeness (QED) is 0.698. The van der Waals surface area contributed by atoms with Crippen molar-refractivity contribution < 1.29 is 0 Å². The van der Waals surface area contributed by atoms with Crippen LogP contribution in [0, 0.1) is 6.92 Å². The Morgan fingerprint density at radius 1 is 1.24 bits per heavy atom. The van der Waals surface area contributed by atoms with Crippen molar-refractivity contribution in [1.82, 2.24) is 35.2 Å². The van der Waals surface area contributed by atoms with Crippen molar-refractivity contribution in [3.05, 3.63) is 30.1 Å². The van der Waals surface area contributed by atoms with E-state index in [-0.39, 0.29) is 0 Å². The molecule has 0 aliphatic carbocycles. The summed E-state index contributed by atoms with van der Waals surface area (Å²) in [4.78, 5) is 4.96. The van der Waals surface area contributed by atoms with E-state index in [1.807, 2.05) is 25.3 Å². The van der Waals surface area contributed by atoms with Gasteiger partial charge in [0, 0.05) is 36.9 Å². The summed E-state index contributed by atoms with van der Waals surface area (Å²) >= 11 is 0. The first-order chi connectivity index (χ1) is 12.3. The minimum absolute atomic E-state index is 0.608. The van der Waals surface area contributed by atoms with Crippen LogP contribution in [0.3, 0.4) is 0 Å². The number of H-pyrrole nitrogens is 1. The Bertz CT molecular complexity index is 934. The Morgan fingerprint density at radius 2 is 2.20 bits per heavy atom. The fourth-order valence-corrected chi connectivity index (χ4v) is 4.49. The Kier molecular flexibility index (Phi) is 3.33. The fourth-order valence-electron chi connectivity index (χ4n) is 4.49. The topological polar surface area (TPSA) is 79.4 Å². The van der Waals surface area contributed by atoms with Gasteiger partial charge in [0.1, 0.15) is 12.2 Å². The summed E-state index contributed by atoms with van der Waals surface area (Å²) in [6.45, 7) is 6.36. The zero-order valence-corrected chi connectivity index (χ0v) is 14.4. The number of hydrogen-bond acceptors (Lipinski definition) is 5. The molecule has 128 valence electrons. The molecule has 0 bridgehead atoms.